The Balaban J connectivity index is 1.37. The molecule has 1 saturated heterocycles. The third-order valence-electron chi connectivity index (χ3n) is 5.25. The lowest BCUT2D eigenvalue weighted by Gasteiger charge is -2.20. The van der Waals surface area contributed by atoms with Crippen LogP contribution in [0.25, 0.3) is 0 Å². The molecule has 31 heavy (non-hydrogen) atoms. The van der Waals surface area contributed by atoms with Crippen LogP contribution in [0, 0.1) is 5.82 Å². The highest BCUT2D eigenvalue weighted by Gasteiger charge is 2.25. The molecule has 2 aromatic heterocycles. The van der Waals surface area contributed by atoms with E-state index in [1.54, 1.807) is 18.5 Å². The lowest BCUT2D eigenvalue weighted by atomic mass is 10.1. The number of aliphatic imine (C=N–C) groups is 1. The van der Waals surface area contributed by atoms with Crippen molar-refractivity contribution in [1.82, 2.24) is 25.2 Å². The molecule has 1 fully saturated rings. The molecule has 162 valence electrons. The van der Waals surface area contributed by atoms with Gasteiger partial charge in [-0.05, 0) is 36.6 Å². The molecule has 1 unspecified atom stereocenters. The zero-order valence-corrected chi connectivity index (χ0v) is 17.7. The molecule has 3 aromatic rings. The SMILES string of the molecule is CCNC(=NCc1cccc(Cn2ccnc2)c1)NC1CCN(c2ncccc2F)C1. The largest absolute Gasteiger partial charge is 0.357 e. The summed E-state index contributed by atoms with van der Waals surface area (Å²) in [5.74, 6) is 0.915. The number of benzene rings is 1. The van der Waals surface area contributed by atoms with E-state index in [9.17, 15) is 4.39 Å². The van der Waals surface area contributed by atoms with Gasteiger partial charge in [0, 0.05) is 50.8 Å². The third kappa shape index (κ3) is 5.59. The number of pyridine rings is 1. The summed E-state index contributed by atoms with van der Waals surface area (Å²) in [4.78, 5) is 15.0. The second kappa shape index (κ2) is 10.1. The number of guanidine groups is 1. The first-order valence-corrected chi connectivity index (χ1v) is 10.6. The van der Waals surface area contributed by atoms with Gasteiger partial charge in [0.15, 0.2) is 17.6 Å². The predicted octanol–water partition coefficient (Wildman–Crippen LogP) is 2.80. The van der Waals surface area contributed by atoms with Crippen molar-refractivity contribution in [2.45, 2.75) is 32.5 Å². The van der Waals surface area contributed by atoms with Crippen molar-refractivity contribution in [3.05, 3.63) is 78.3 Å². The van der Waals surface area contributed by atoms with Gasteiger partial charge in [-0.15, -0.1) is 0 Å². The van der Waals surface area contributed by atoms with E-state index in [1.807, 2.05) is 28.9 Å². The molecular weight excluding hydrogens is 393 g/mol. The number of imidazole rings is 1. The topological polar surface area (TPSA) is 70.4 Å². The van der Waals surface area contributed by atoms with Crippen LogP contribution in [0.2, 0.25) is 0 Å². The molecule has 0 bridgehead atoms. The molecule has 1 aliphatic rings. The van der Waals surface area contributed by atoms with Gasteiger partial charge in [-0.25, -0.2) is 19.4 Å². The molecule has 1 aromatic carbocycles. The van der Waals surface area contributed by atoms with Crippen LogP contribution in [0.15, 0.2) is 66.3 Å². The maximum absolute atomic E-state index is 14.0. The monoisotopic (exact) mass is 421 g/mol. The molecule has 0 radical (unpaired) electrons. The first kappa shape index (κ1) is 20.8. The molecule has 0 spiro atoms. The molecule has 0 saturated carbocycles. The summed E-state index contributed by atoms with van der Waals surface area (Å²) in [5.41, 5.74) is 2.37. The van der Waals surface area contributed by atoms with Gasteiger partial charge < -0.3 is 20.1 Å². The van der Waals surface area contributed by atoms with Crippen LogP contribution in [0.1, 0.15) is 24.5 Å². The van der Waals surface area contributed by atoms with Gasteiger partial charge in [-0.3, -0.25) is 0 Å². The summed E-state index contributed by atoms with van der Waals surface area (Å²) in [7, 11) is 0. The quantitative estimate of drug-likeness (QED) is 0.454. The molecule has 8 heteroatoms. The van der Waals surface area contributed by atoms with Crippen molar-refractivity contribution < 1.29 is 4.39 Å². The zero-order valence-electron chi connectivity index (χ0n) is 17.7. The number of halogens is 1. The average molecular weight is 422 g/mol. The van der Waals surface area contributed by atoms with Crippen molar-refractivity contribution in [3.63, 3.8) is 0 Å². The van der Waals surface area contributed by atoms with E-state index < -0.39 is 0 Å². The van der Waals surface area contributed by atoms with E-state index in [1.165, 1.54) is 11.6 Å². The highest BCUT2D eigenvalue weighted by molar-refractivity contribution is 5.80. The van der Waals surface area contributed by atoms with E-state index in [2.05, 4.69) is 44.9 Å². The molecule has 2 N–H and O–H groups in total. The number of rotatable bonds is 7. The Morgan fingerprint density at radius 2 is 2.13 bits per heavy atom. The van der Waals surface area contributed by atoms with Crippen molar-refractivity contribution in [2.75, 3.05) is 24.5 Å². The molecule has 0 aliphatic carbocycles. The second-order valence-electron chi connectivity index (χ2n) is 7.63. The first-order valence-electron chi connectivity index (χ1n) is 10.6. The Morgan fingerprint density at radius 1 is 1.23 bits per heavy atom. The highest BCUT2D eigenvalue weighted by Crippen LogP contribution is 2.20. The molecule has 7 nitrogen and oxygen atoms in total. The van der Waals surface area contributed by atoms with E-state index >= 15 is 0 Å². The lowest BCUT2D eigenvalue weighted by Crippen LogP contribution is -2.44. The van der Waals surface area contributed by atoms with Crippen LogP contribution >= 0.6 is 0 Å². The Morgan fingerprint density at radius 3 is 2.94 bits per heavy atom. The first-order chi connectivity index (χ1) is 15.2. The Bertz CT molecular complexity index is 1000. The summed E-state index contributed by atoms with van der Waals surface area (Å²) in [6.45, 7) is 5.65. The van der Waals surface area contributed by atoms with Crippen LogP contribution < -0.4 is 15.5 Å². The third-order valence-corrected chi connectivity index (χ3v) is 5.25. The fraction of sp³-hybridized carbons (Fsp3) is 0.348. The number of nitrogens with zero attached hydrogens (tertiary/aromatic N) is 5. The number of nitrogens with one attached hydrogen (secondary N) is 2. The summed E-state index contributed by atoms with van der Waals surface area (Å²) in [6, 6.07) is 11.7. The molecule has 4 rings (SSSR count). The lowest BCUT2D eigenvalue weighted by molar-refractivity contribution is 0.612. The predicted molar refractivity (Wildman–Crippen MR) is 121 cm³/mol. The van der Waals surface area contributed by atoms with Gasteiger partial charge in [0.05, 0.1) is 12.9 Å². The van der Waals surface area contributed by atoms with Crippen molar-refractivity contribution >= 4 is 11.8 Å². The molecule has 1 atom stereocenters. The summed E-state index contributed by atoms with van der Waals surface area (Å²) in [6.07, 6.45) is 8.10. The van der Waals surface area contributed by atoms with Gasteiger partial charge in [0.25, 0.3) is 0 Å². The molecular formula is C23H28FN7. The maximum atomic E-state index is 14.0. The van der Waals surface area contributed by atoms with Gasteiger partial charge in [-0.1, -0.05) is 24.3 Å². The summed E-state index contributed by atoms with van der Waals surface area (Å²) in [5, 5.41) is 6.81. The second-order valence-corrected chi connectivity index (χ2v) is 7.63. The van der Waals surface area contributed by atoms with Crippen molar-refractivity contribution in [2.24, 2.45) is 4.99 Å². The van der Waals surface area contributed by atoms with Crippen molar-refractivity contribution in [1.29, 1.82) is 0 Å². The normalized spacial score (nSPS) is 16.5. The smallest absolute Gasteiger partial charge is 0.191 e. The number of hydrogen-bond acceptors (Lipinski definition) is 4. The average Bonchev–Trinajstić information content (AvgIpc) is 3.45. The fourth-order valence-electron chi connectivity index (χ4n) is 3.78. The fourth-order valence-corrected chi connectivity index (χ4v) is 3.78. The number of anilines is 1. The molecule has 3 heterocycles. The minimum Gasteiger partial charge on any atom is -0.357 e. The Labute approximate surface area is 182 Å². The zero-order chi connectivity index (χ0) is 21.5. The van der Waals surface area contributed by atoms with E-state index in [0.717, 1.165) is 37.6 Å². The van der Waals surface area contributed by atoms with Crippen LogP contribution in [0.5, 0.6) is 0 Å². The maximum Gasteiger partial charge on any atom is 0.191 e. The Hall–Kier alpha value is -3.42. The van der Waals surface area contributed by atoms with Crippen LogP contribution in [-0.4, -0.2) is 46.2 Å². The van der Waals surface area contributed by atoms with Crippen LogP contribution in [0.4, 0.5) is 10.2 Å². The van der Waals surface area contributed by atoms with E-state index in [-0.39, 0.29) is 11.9 Å². The molecule has 1 aliphatic heterocycles. The molecule has 0 amide bonds. The van der Waals surface area contributed by atoms with Crippen LogP contribution in [-0.2, 0) is 13.1 Å². The van der Waals surface area contributed by atoms with Gasteiger partial charge in [-0.2, -0.15) is 0 Å². The highest BCUT2D eigenvalue weighted by atomic mass is 19.1. The Kier molecular flexibility index (Phi) is 6.76. The number of aromatic nitrogens is 3. The summed E-state index contributed by atoms with van der Waals surface area (Å²) >= 11 is 0. The van der Waals surface area contributed by atoms with Crippen molar-refractivity contribution in [3.8, 4) is 0 Å². The standard InChI is InChI=1S/C23H28FN7/c1-2-26-23(29-20-8-11-31(16-20)22-21(24)7-4-9-27-22)28-14-18-5-3-6-19(13-18)15-30-12-10-25-17-30/h3-7,9-10,12-13,17,20H,2,8,11,14-16H2,1H3,(H2,26,28,29). The minimum absolute atomic E-state index is 0.187. The number of hydrogen-bond donors (Lipinski definition) is 2. The van der Waals surface area contributed by atoms with E-state index in [4.69, 9.17) is 4.99 Å². The summed E-state index contributed by atoms with van der Waals surface area (Å²) < 4.78 is 16.1. The van der Waals surface area contributed by atoms with Gasteiger partial charge in [0.1, 0.15) is 0 Å². The van der Waals surface area contributed by atoms with Crippen LogP contribution in [0.3, 0.4) is 0 Å². The van der Waals surface area contributed by atoms with Gasteiger partial charge >= 0.3 is 0 Å². The van der Waals surface area contributed by atoms with E-state index in [0.29, 0.717) is 18.9 Å². The minimum atomic E-state index is -0.278. The van der Waals surface area contributed by atoms with Gasteiger partial charge in [0.2, 0.25) is 0 Å².